The van der Waals surface area contributed by atoms with E-state index in [0.717, 1.165) is 6.20 Å². The Morgan fingerprint density at radius 2 is 2.33 bits per heavy atom. The zero-order valence-electron chi connectivity index (χ0n) is 7.41. The Balaban J connectivity index is 2.90. The van der Waals surface area contributed by atoms with Crippen LogP contribution in [0.25, 0.3) is 0 Å². The number of nitrogens with zero attached hydrogens (tertiary/aromatic N) is 2. The number of ether oxygens (including phenoxy) is 1. The van der Waals surface area contributed by atoms with Crippen LogP contribution in [0.4, 0.5) is 18.9 Å². The maximum Gasteiger partial charge on any atom is 0.349 e. The number of hydrogen-bond donors (Lipinski definition) is 1. The molecular weight excluding hydrogens is 219 g/mol. The highest BCUT2D eigenvalue weighted by molar-refractivity contribution is 5.37. The van der Waals surface area contributed by atoms with Gasteiger partial charge in [-0.25, -0.2) is 8.78 Å². The lowest BCUT2D eigenvalue weighted by Crippen LogP contribution is -2.35. The number of halogens is 3. The van der Waals surface area contributed by atoms with Crippen molar-refractivity contribution in [3.63, 3.8) is 0 Å². The highest BCUT2D eigenvalue weighted by Gasteiger charge is 2.40. The van der Waals surface area contributed by atoms with Crippen molar-refractivity contribution in [2.24, 2.45) is 0 Å². The van der Waals surface area contributed by atoms with Gasteiger partial charge in [-0.2, -0.15) is 4.39 Å². The Labute approximate surface area is 81.2 Å². The summed E-state index contributed by atoms with van der Waals surface area (Å²) in [5.41, 5.74) is -0.709. The summed E-state index contributed by atoms with van der Waals surface area (Å²) in [5.74, 6) is -4.13. The molecule has 0 saturated carbocycles. The highest BCUT2D eigenvalue weighted by atomic mass is 19.3. The predicted octanol–water partition coefficient (Wildman–Crippen LogP) is 1.65. The van der Waals surface area contributed by atoms with Gasteiger partial charge in [0, 0.05) is 6.92 Å². The second kappa shape index (κ2) is 3.75. The van der Waals surface area contributed by atoms with E-state index in [1.54, 1.807) is 0 Å². The van der Waals surface area contributed by atoms with Gasteiger partial charge in [0.1, 0.15) is 6.20 Å². The SMILES string of the molecule is CC(F)(Oc1n[nH]cc1[N+](=O)[O-])C(F)F. The van der Waals surface area contributed by atoms with Crippen molar-refractivity contribution in [2.45, 2.75) is 19.2 Å². The van der Waals surface area contributed by atoms with Crippen LogP contribution in [0.3, 0.4) is 0 Å². The molecule has 1 aromatic rings. The molecule has 1 atom stereocenters. The van der Waals surface area contributed by atoms with Crippen molar-refractivity contribution in [1.29, 1.82) is 0 Å². The largest absolute Gasteiger partial charge is 0.429 e. The molecule has 1 unspecified atom stereocenters. The summed E-state index contributed by atoms with van der Waals surface area (Å²) in [6.45, 7) is 0.454. The van der Waals surface area contributed by atoms with Crippen LogP contribution in [0.5, 0.6) is 5.88 Å². The summed E-state index contributed by atoms with van der Waals surface area (Å²) >= 11 is 0. The van der Waals surface area contributed by atoms with E-state index in [1.165, 1.54) is 0 Å². The minimum absolute atomic E-state index is 0.454. The minimum Gasteiger partial charge on any atom is -0.429 e. The van der Waals surface area contributed by atoms with E-state index in [2.05, 4.69) is 9.84 Å². The zero-order valence-corrected chi connectivity index (χ0v) is 7.41. The quantitative estimate of drug-likeness (QED) is 0.623. The molecule has 0 aliphatic carbocycles. The van der Waals surface area contributed by atoms with E-state index < -0.39 is 28.8 Å². The lowest BCUT2D eigenvalue weighted by Gasteiger charge is -2.18. The number of nitro groups is 1. The predicted molar refractivity (Wildman–Crippen MR) is 41.4 cm³/mol. The number of hydrogen-bond acceptors (Lipinski definition) is 4. The van der Waals surface area contributed by atoms with Crippen LogP contribution in [-0.2, 0) is 0 Å². The van der Waals surface area contributed by atoms with Gasteiger partial charge in [-0.1, -0.05) is 0 Å². The molecule has 1 aromatic heterocycles. The summed E-state index contributed by atoms with van der Waals surface area (Å²) in [4.78, 5) is 9.36. The van der Waals surface area contributed by atoms with Gasteiger partial charge in [-0.05, 0) is 0 Å². The van der Waals surface area contributed by atoms with Crippen molar-refractivity contribution in [2.75, 3.05) is 0 Å². The summed E-state index contributed by atoms with van der Waals surface area (Å²) in [6.07, 6.45) is -2.63. The van der Waals surface area contributed by atoms with Crippen molar-refractivity contribution in [3.8, 4) is 5.88 Å². The van der Waals surface area contributed by atoms with Crippen LogP contribution in [0, 0.1) is 10.1 Å². The van der Waals surface area contributed by atoms with Gasteiger partial charge in [0.15, 0.2) is 0 Å². The fourth-order valence-electron chi connectivity index (χ4n) is 0.711. The molecule has 0 aliphatic rings. The van der Waals surface area contributed by atoms with Gasteiger partial charge < -0.3 is 4.74 Å². The molecule has 0 spiro atoms. The Bertz CT molecular complexity index is 366. The molecule has 0 aromatic carbocycles. The van der Waals surface area contributed by atoms with Gasteiger partial charge in [-0.15, -0.1) is 5.10 Å². The number of H-pyrrole nitrogens is 1. The van der Waals surface area contributed by atoms with Gasteiger partial charge in [-0.3, -0.25) is 15.2 Å². The van der Waals surface area contributed by atoms with Crippen LogP contribution in [0.1, 0.15) is 6.92 Å². The van der Waals surface area contributed by atoms with Gasteiger partial charge in [0.05, 0.1) is 4.92 Å². The summed E-state index contributed by atoms with van der Waals surface area (Å²) in [7, 11) is 0. The minimum atomic E-state index is -3.44. The molecule has 1 N–H and O–H groups in total. The Kier molecular flexibility index (Phi) is 2.82. The second-order valence-corrected chi connectivity index (χ2v) is 2.72. The molecule has 0 radical (unpaired) electrons. The van der Waals surface area contributed by atoms with Gasteiger partial charge in [0.25, 0.3) is 0 Å². The Morgan fingerprint density at radius 3 is 2.80 bits per heavy atom. The molecular formula is C6H6F3N3O3. The highest BCUT2D eigenvalue weighted by Crippen LogP contribution is 2.30. The molecule has 1 heterocycles. The molecule has 0 saturated heterocycles. The molecule has 6 nitrogen and oxygen atoms in total. The van der Waals surface area contributed by atoms with Crippen molar-refractivity contribution in [1.82, 2.24) is 10.2 Å². The molecule has 0 bridgehead atoms. The van der Waals surface area contributed by atoms with Crippen LogP contribution >= 0.6 is 0 Å². The molecule has 0 fully saturated rings. The van der Waals surface area contributed by atoms with Crippen LogP contribution < -0.4 is 4.74 Å². The first-order valence-corrected chi connectivity index (χ1v) is 3.69. The molecule has 0 amide bonds. The number of alkyl halides is 3. The number of nitrogens with one attached hydrogen (secondary N) is 1. The van der Waals surface area contributed by atoms with Crippen molar-refractivity contribution >= 4 is 5.69 Å². The monoisotopic (exact) mass is 225 g/mol. The maximum absolute atomic E-state index is 13.0. The topological polar surface area (TPSA) is 81.0 Å². The lowest BCUT2D eigenvalue weighted by molar-refractivity contribution is -0.386. The first kappa shape index (κ1) is 11.3. The fraction of sp³-hybridized carbons (Fsp3) is 0.500. The average Bonchev–Trinajstić information content (AvgIpc) is 2.51. The van der Waals surface area contributed by atoms with Crippen LogP contribution in [-0.4, -0.2) is 27.4 Å². The van der Waals surface area contributed by atoms with Gasteiger partial charge >= 0.3 is 23.8 Å². The van der Waals surface area contributed by atoms with E-state index in [9.17, 15) is 23.3 Å². The lowest BCUT2D eigenvalue weighted by atomic mass is 10.4. The number of rotatable bonds is 4. The fourth-order valence-corrected chi connectivity index (χ4v) is 0.711. The molecule has 15 heavy (non-hydrogen) atoms. The number of aromatic amines is 1. The second-order valence-electron chi connectivity index (χ2n) is 2.72. The normalized spacial score (nSPS) is 15.0. The third-order valence-electron chi connectivity index (χ3n) is 1.47. The van der Waals surface area contributed by atoms with E-state index in [-0.39, 0.29) is 0 Å². The smallest absolute Gasteiger partial charge is 0.349 e. The standard InChI is InChI=1S/C6H6F3N3O3/c1-6(9,5(7)8)15-4-3(12(13)14)2-10-11-4/h2,5H,1H3,(H,10,11). The third-order valence-corrected chi connectivity index (χ3v) is 1.47. The Morgan fingerprint density at radius 1 is 1.73 bits per heavy atom. The van der Waals surface area contributed by atoms with E-state index in [0.29, 0.717) is 6.92 Å². The number of aromatic nitrogens is 2. The van der Waals surface area contributed by atoms with Gasteiger partial charge in [0.2, 0.25) is 0 Å². The van der Waals surface area contributed by atoms with Crippen LogP contribution in [0.15, 0.2) is 6.20 Å². The zero-order chi connectivity index (χ0) is 11.6. The average molecular weight is 225 g/mol. The maximum atomic E-state index is 13.0. The molecule has 9 heteroatoms. The van der Waals surface area contributed by atoms with Crippen molar-refractivity contribution < 1.29 is 22.8 Å². The third kappa shape index (κ3) is 2.36. The van der Waals surface area contributed by atoms with E-state index in [1.807, 2.05) is 5.10 Å². The Hall–Kier alpha value is -1.80. The summed E-state index contributed by atoms with van der Waals surface area (Å²) in [6, 6.07) is 0. The molecule has 1 rings (SSSR count). The van der Waals surface area contributed by atoms with Crippen LogP contribution in [0.2, 0.25) is 0 Å². The van der Waals surface area contributed by atoms with E-state index >= 15 is 0 Å². The summed E-state index contributed by atoms with van der Waals surface area (Å²) < 4.78 is 41.1. The first-order chi connectivity index (χ1) is 6.84. The van der Waals surface area contributed by atoms with Crippen molar-refractivity contribution in [3.05, 3.63) is 16.3 Å². The summed E-state index contributed by atoms with van der Waals surface area (Å²) in [5, 5.41) is 15.4. The van der Waals surface area contributed by atoms with E-state index in [4.69, 9.17) is 0 Å². The molecule has 0 aliphatic heterocycles. The first-order valence-electron chi connectivity index (χ1n) is 3.69. The molecule has 84 valence electrons.